The Kier molecular flexibility index (Phi) is 3.89. The molecule has 3 rings (SSSR count). The fourth-order valence-corrected chi connectivity index (χ4v) is 3.61. The van der Waals surface area contributed by atoms with Crippen molar-refractivity contribution in [2.24, 2.45) is 5.92 Å². The highest BCUT2D eigenvalue weighted by Gasteiger charge is 2.24. The fraction of sp³-hybridized carbons (Fsp3) is 0.158. The standard InChI is InChI=1S/C19H19NS/c1-14-9-7-8-10-17(14)13-19-15(2)20(16(3)21-19)18-11-5-4-6-12-18/h4-14H,3H2,1-2H3/b17-13-. The number of para-hydroxylation sites is 1. The summed E-state index contributed by atoms with van der Waals surface area (Å²) in [6.45, 7) is 8.60. The molecule has 1 unspecified atom stereocenters. The van der Waals surface area contributed by atoms with E-state index in [0.717, 1.165) is 5.03 Å². The molecule has 0 fully saturated rings. The lowest BCUT2D eigenvalue weighted by Gasteiger charge is -2.20. The van der Waals surface area contributed by atoms with Crippen molar-refractivity contribution in [2.75, 3.05) is 4.90 Å². The largest absolute Gasteiger partial charge is 0.308 e. The Morgan fingerprint density at radius 3 is 2.67 bits per heavy atom. The third-order valence-corrected chi connectivity index (χ3v) is 4.86. The van der Waals surface area contributed by atoms with Gasteiger partial charge in [0.1, 0.15) is 0 Å². The first kappa shape index (κ1) is 14.0. The van der Waals surface area contributed by atoms with Gasteiger partial charge in [-0.2, -0.15) is 0 Å². The first-order valence-electron chi connectivity index (χ1n) is 7.16. The number of allylic oxidation sites excluding steroid dienone is 7. The van der Waals surface area contributed by atoms with Crippen LogP contribution in [0.4, 0.5) is 5.69 Å². The monoisotopic (exact) mass is 293 g/mol. The zero-order valence-electron chi connectivity index (χ0n) is 12.4. The summed E-state index contributed by atoms with van der Waals surface area (Å²) in [6, 6.07) is 10.4. The van der Waals surface area contributed by atoms with Crippen LogP contribution in [0.15, 0.2) is 88.5 Å². The summed E-state index contributed by atoms with van der Waals surface area (Å²) < 4.78 is 0. The molecular weight excluding hydrogens is 274 g/mol. The molecule has 1 nitrogen and oxygen atoms in total. The van der Waals surface area contributed by atoms with Crippen LogP contribution in [0.2, 0.25) is 0 Å². The summed E-state index contributed by atoms with van der Waals surface area (Å²) in [5, 5.41) is 1.06. The van der Waals surface area contributed by atoms with Crippen molar-refractivity contribution >= 4 is 17.4 Å². The first-order chi connectivity index (χ1) is 10.2. The Morgan fingerprint density at radius 2 is 1.95 bits per heavy atom. The topological polar surface area (TPSA) is 3.24 Å². The van der Waals surface area contributed by atoms with Crippen molar-refractivity contribution < 1.29 is 0 Å². The molecule has 0 amide bonds. The Morgan fingerprint density at radius 1 is 1.19 bits per heavy atom. The molecule has 0 saturated heterocycles. The summed E-state index contributed by atoms with van der Waals surface area (Å²) in [7, 11) is 0. The van der Waals surface area contributed by atoms with E-state index in [2.05, 4.69) is 80.0 Å². The van der Waals surface area contributed by atoms with Gasteiger partial charge in [-0.3, -0.25) is 0 Å². The molecule has 1 aliphatic carbocycles. The van der Waals surface area contributed by atoms with Gasteiger partial charge in [-0.25, -0.2) is 0 Å². The van der Waals surface area contributed by atoms with E-state index in [0.29, 0.717) is 5.92 Å². The van der Waals surface area contributed by atoms with Crippen LogP contribution in [0.5, 0.6) is 0 Å². The van der Waals surface area contributed by atoms with Gasteiger partial charge in [0, 0.05) is 16.3 Å². The van der Waals surface area contributed by atoms with Gasteiger partial charge in [-0.1, -0.05) is 67.8 Å². The lowest BCUT2D eigenvalue weighted by Crippen LogP contribution is -2.13. The fourth-order valence-electron chi connectivity index (χ4n) is 2.58. The van der Waals surface area contributed by atoms with Crippen LogP contribution < -0.4 is 4.90 Å². The molecule has 0 spiro atoms. The van der Waals surface area contributed by atoms with E-state index in [1.165, 1.54) is 21.9 Å². The van der Waals surface area contributed by atoms with Crippen molar-refractivity contribution in [1.82, 2.24) is 0 Å². The number of nitrogens with zero attached hydrogens (tertiary/aromatic N) is 1. The minimum atomic E-state index is 0.468. The molecule has 1 aliphatic heterocycles. The SMILES string of the molecule is C=C1SC(/C=C2/C=CC=CC2C)=C(C)N1c1ccccc1. The second-order valence-corrected chi connectivity index (χ2v) is 6.41. The lowest BCUT2D eigenvalue weighted by atomic mass is 9.96. The van der Waals surface area contributed by atoms with Crippen LogP contribution in [-0.4, -0.2) is 0 Å². The highest BCUT2D eigenvalue weighted by Crippen LogP contribution is 2.44. The summed E-state index contributed by atoms with van der Waals surface area (Å²) in [6.07, 6.45) is 10.9. The van der Waals surface area contributed by atoms with Crippen LogP contribution in [0, 0.1) is 5.92 Å². The van der Waals surface area contributed by atoms with Crippen LogP contribution in [0.25, 0.3) is 0 Å². The molecule has 21 heavy (non-hydrogen) atoms. The maximum absolute atomic E-state index is 4.21. The Balaban J connectivity index is 1.95. The van der Waals surface area contributed by atoms with Gasteiger partial charge in [0.2, 0.25) is 0 Å². The van der Waals surface area contributed by atoms with Crippen molar-refractivity contribution in [2.45, 2.75) is 13.8 Å². The summed E-state index contributed by atoms with van der Waals surface area (Å²) in [5.41, 5.74) is 3.77. The summed E-state index contributed by atoms with van der Waals surface area (Å²) in [4.78, 5) is 3.51. The zero-order valence-corrected chi connectivity index (χ0v) is 13.2. The highest BCUT2D eigenvalue weighted by molar-refractivity contribution is 8.07. The van der Waals surface area contributed by atoms with E-state index in [1.54, 1.807) is 11.8 Å². The van der Waals surface area contributed by atoms with E-state index in [1.807, 2.05) is 6.07 Å². The molecule has 1 aromatic carbocycles. The maximum atomic E-state index is 4.21. The second-order valence-electron chi connectivity index (χ2n) is 5.29. The minimum absolute atomic E-state index is 0.468. The quantitative estimate of drug-likeness (QED) is 0.695. The highest BCUT2D eigenvalue weighted by atomic mass is 32.2. The van der Waals surface area contributed by atoms with Crippen molar-refractivity contribution in [3.05, 3.63) is 88.5 Å². The molecular formula is C19H19NS. The van der Waals surface area contributed by atoms with Crippen LogP contribution in [0.1, 0.15) is 13.8 Å². The molecule has 0 N–H and O–H groups in total. The van der Waals surface area contributed by atoms with Gasteiger partial charge >= 0.3 is 0 Å². The van der Waals surface area contributed by atoms with Gasteiger partial charge in [0.05, 0.1) is 5.03 Å². The van der Waals surface area contributed by atoms with Crippen LogP contribution in [0.3, 0.4) is 0 Å². The average Bonchev–Trinajstić information content (AvgIpc) is 2.77. The number of thioether (sulfide) groups is 1. The van der Waals surface area contributed by atoms with Gasteiger partial charge in [-0.15, -0.1) is 0 Å². The van der Waals surface area contributed by atoms with Crippen LogP contribution >= 0.6 is 11.8 Å². The van der Waals surface area contributed by atoms with E-state index in [-0.39, 0.29) is 0 Å². The zero-order chi connectivity index (χ0) is 14.8. The van der Waals surface area contributed by atoms with E-state index in [4.69, 9.17) is 0 Å². The van der Waals surface area contributed by atoms with Crippen LogP contribution in [-0.2, 0) is 0 Å². The Labute approximate surface area is 131 Å². The van der Waals surface area contributed by atoms with Crippen molar-refractivity contribution in [1.29, 1.82) is 0 Å². The molecule has 0 saturated carbocycles. The van der Waals surface area contributed by atoms with Gasteiger partial charge < -0.3 is 4.90 Å². The Hall–Kier alpha value is -1.93. The normalized spacial score (nSPS) is 23.5. The number of benzene rings is 1. The van der Waals surface area contributed by atoms with E-state index in [9.17, 15) is 0 Å². The number of hydrogen-bond donors (Lipinski definition) is 0. The molecule has 1 heterocycles. The summed E-state index contributed by atoms with van der Waals surface area (Å²) in [5.74, 6) is 0.468. The van der Waals surface area contributed by atoms with Gasteiger partial charge in [0.15, 0.2) is 0 Å². The number of anilines is 1. The summed E-state index contributed by atoms with van der Waals surface area (Å²) >= 11 is 1.75. The predicted octanol–water partition coefficient (Wildman–Crippen LogP) is 5.63. The predicted molar refractivity (Wildman–Crippen MR) is 93.9 cm³/mol. The molecule has 0 bridgehead atoms. The van der Waals surface area contributed by atoms with E-state index < -0.39 is 0 Å². The second kappa shape index (κ2) is 5.82. The molecule has 1 atom stereocenters. The average molecular weight is 293 g/mol. The minimum Gasteiger partial charge on any atom is -0.308 e. The molecule has 0 aromatic heterocycles. The van der Waals surface area contributed by atoms with Crippen molar-refractivity contribution in [3.8, 4) is 0 Å². The van der Waals surface area contributed by atoms with E-state index >= 15 is 0 Å². The smallest absolute Gasteiger partial charge is 0.0771 e. The van der Waals surface area contributed by atoms with Gasteiger partial charge in [0.25, 0.3) is 0 Å². The third kappa shape index (κ3) is 2.77. The molecule has 2 heteroatoms. The molecule has 2 aliphatic rings. The molecule has 0 radical (unpaired) electrons. The Bertz CT molecular complexity index is 677. The maximum Gasteiger partial charge on any atom is 0.0771 e. The number of hydrogen-bond acceptors (Lipinski definition) is 2. The first-order valence-corrected chi connectivity index (χ1v) is 7.98. The third-order valence-electron chi connectivity index (χ3n) is 3.81. The van der Waals surface area contributed by atoms with Gasteiger partial charge in [-0.05, 0) is 36.6 Å². The number of rotatable bonds is 2. The lowest BCUT2D eigenvalue weighted by molar-refractivity contribution is 0.883. The van der Waals surface area contributed by atoms with Crippen molar-refractivity contribution in [3.63, 3.8) is 0 Å². The molecule has 1 aromatic rings. The molecule has 106 valence electrons.